The minimum atomic E-state index is -0.153. The highest BCUT2D eigenvalue weighted by Crippen LogP contribution is 2.36. The van der Waals surface area contributed by atoms with Crippen molar-refractivity contribution in [3.63, 3.8) is 0 Å². The number of aryl methyl sites for hydroxylation is 2. The summed E-state index contributed by atoms with van der Waals surface area (Å²) < 4.78 is 5.35. The first-order valence-electron chi connectivity index (χ1n) is 7.87. The summed E-state index contributed by atoms with van der Waals surface area (Å²) in [5, 5.41) is 0. The third-order valence-electron chi connectivity index (χ3n) is 4.30. The number of carbonyl (C=O) groups excluding carboxylic acids is 1. The van der Waals surface area contributed by atoms with Crippen LogP contribution in [0.5, 0.6) is 0 Å². The van der Waals surface area contributed by atoms with Crippen LogP contribution < -0.4 is 4.90 Å². The molecule has 0 saturated heterocycles. The van der Waals surface area contributed by atoms with Crippen LogP contribution in [-0.2, 0) is 17.6 Å². The van der Waals surface area contributed by atoms with Crippen molar-refractivity contribution in [3.05, 3.63) is 28.8 Å². The maximum atomic E-state index is 12.1. The Balaban J connectivity index is 1.85. The first-order valence-corrected chi connectivity index (χ1v) is 7.87. The molecule has 0 bridgehead atoms. The van der Waals surface area contributed by atoms with Gasteiger partial charge in [0.15, 0.2) is 0 Å². The van der Waals surface area contributed by atoms with Gasteiger partial charge in [0, 0.05) is 18.8 Å². The lowest BCUT2D eigenvalue weighted by molar-refractivity contribution is 0.0499. The molecule has 0 fully saturated rings. The highest BCUT2D eigenvalue weighted by molar-refractivity contribution is 5.91. The van der Waals surface area contributed by atoms with Gasteiger partial charge in [0.1, 0.15) is 0 Å². The van der Waals surface area contributed by atoms with Gasteiger partial charge in [-0.2, -0.15) is 0 Å². The minimum absolute atomic E-state index is 0.153. The van der Waals surface area contributed by atoms with Gasteiger partial charge in [-0.05, 0) is 55.4 Å². The molecule has 20 heavy (non-hydrogen) atoms. The number of esters is 1. The quantitative estimate of drug-likeness (QED) is 0.622. The summed E-state index contributed by atoms with van der Waals surface area (Å²) in [4.78, 5) is 14.6. The molecule has 108 valence electrons. The van der Waals surface area contributed by atoms with Gasteiger partial charge in [-0.15, -0.1) is 0 Å². The average Bonchev–Trinajstić information content (AvgIpc) is 2.48. The molecule has 2 heterocycles. The van der Waals surface area contributed by atoms with Crippen molar-refractivity contribution >= 4 is 11.7 Å². The molecule has 0 radical (unpaired) electrons. The molecule has 3 nitrogen and oxygen atoms in total. The molecule has 0 spiro atoms. The van der Waals surface area contributed by atoms with Gasteiger partial charge in [-0.25, -0.2) is 4.79 Å². The largest absolute Gasteiger partial charge is 0.462 e. The molecular formula is C17H23NO2. The van der Waals surface area contributed by atoms with E-state index in [9.17, 15) is 4.79 Å². The predicted molar refractivity (Wildman–Crippen MR) is 80.5 cm³/mol. The molecule has 0 aromatic heterocycles. The fourth-order valence-corrected chi connectivity index (χ4v) is 3.31. The van der Waals surface area contributed by atoms with Crippen LogP contribution in [0.3, 0.4) is 0 Å². The van der Waals surface area contributed by atoms with Gasteiger partial charge >= 0.3 is 5.97 Å². The highest BCUT2D eigenvalue weighted by Gasteiger charge is 2.25. The summed E-state index contributed by atoms with van der Waals surface area (Å²) in [5.74, 6) is -0.153. The maximum Gasteiger partial charge on any atom is 0.338 e. The number of ether oxygens (including phenoxy) is 1. The lowest BCUT2D eigenvalue weighted by atomic mass is 9.90. The second-order valence-electron chi connectivity index (χ2n) is 5.83. The standard InChI is InChI=1S/C17H23NO2/c1-2-3-10-20-17(19)15-11-13-6-4-8-18-9-5-7-14(12-15)16(13)18/h11-12H,2-10H2,1H3. The van der Waals surface area contributed by atoms with Crippen LogP contribution in [0.25, 0.3) is 0 Å². The van der Waals surface area contributed by atoms with E-state index in [1.807, 2.05) is 0 Å². The highest BCUT2D eigenvalue weighted by atomic mass is 16.5. The second-order valence-corrected chi connectivity index (χ2v) is 5.83. The summed E-state index contributed by atoms with van der Waals surface area (Å²) in [7, 11) is 0. The fourth-order valence-electron chi connectivity index (χ4n) is 3.31. The Morgan fingerprint density at radius 2 is 1.85 bits per heavy atom. The molecule has 2 aliphatic rings. The Labute approximate surface area is 120 Å². The molecule has 0 unspecified atom stereocenters. The maximum absolute atomic E-state index is 12.1. The molecule has 3 rings (SSSR count). The Hall–Kier alpha value is -1.51. The van der Waals surface area contributed by atoms with E-state index >= 15 is 0 Å². The molecule has 0 N–H and O–H groups in total. The molecule has 0 saturated carbocycles. The van der Waals surface area contributed by atoms with E-state index in [2.05, 4.69) is 24.0 Å². The third kappa shape index (κ3) is 2.54. The van der Waals surface area contributed by atoms with Crippen molar-refractivity contribution in [1.29, 1.82) is 0 Å². The molecule has 2 aliphatic heterocycles. The molecular weight excluding hydrogens is 250 g/mol. The van der Waals surface area contributed by atoms with Crippen molar-refractivity contribution in [2.75, 3.05) is 24.6 Å². The molecule has 3 heteroatoms. The molecule has 0 aliphatic carbocycles. The topological polar surface area (TPSA) is 29.5 Å². The van der Waals surface area contributed by atoms with Crippen LogP contribution in [0.4, 0.5) is 5.69 Å². The zero-order valence-electron chi connectivity index (χ0n) is 12.3. The van der Waals surface area contributed by atoms with Crippen LogP contribution in [-0.4, -0.2) is 25.7 Å². The number of unbranched alkanes of at least 4 members (excludes halogenated alkanes) is 1. The second kappa shape index (κ2) is 5.86. The van der Waals surface area contributed by atoms with Crippen molar-refractivity contribution in [2.45, 2.75) is 45.4 Å². The lowest BCUT2D eigenvalue weighted by Crippen LogP contribution is -2.34. The Kier molecular flexibility index (Phi) is 3.95. The van der Waals surface area contributed by atoms with E-state index in [0.717, 1.165) is 31.2 Å². The number of carbonyl (C=O) groups is 1. The monoisotopic (exact) mass is 273 g/mol. The molecule has 1 aromatic rings. The van der Waals surface area contributed by atoms with Crippen LogP contribution >= 0.6 is 0 Å². The lowest BCUT2D eigenvalue weighted by Gasteiger charge is -2.37. The third-order valence-corrected chi connectivity index (χ3v) is 4.30. The van der Waals surface area contributed by atoms with Crippen LogP contribution in [0.2, 0.25) is 0 Å². The van der Waals surface area contributed by atoms with Gasteiger partial charge in [-0.1, -0.05) is 13.3 Å². The Morgan fingerprint density at radius 1 is 1.20 bits per heavy atom. The van der Waals surface area contributed by atoms with Crippen LogP contribution in [0.1, 0.15) is 54.1 Å². The van der Waals surface area contributed by atoms with Crippen LogP contribution in [0, 0.1) is 0 Å². The number of anilines is 1. The van der Waals surface area contributed by atoms with Gasteiger partial charge < -0.3 is 9.64 Å². The van der Waals surface area contributed by atoms with Gasteiger partial charge in [0.25, 0.3) is 0 Å². The number of benzene rings is 1. The number of rotatable bonds is 4. The van der Waals surface area contributed by atoms with Crippen molar-refractivity contribution in [3.8, 4) is 0 Å². The number of hydrogen-bond donors (Lipinski definition) is 0. The summed E-state index contributed by atoms with van der Waals surface area (Å²) in [5.41, 5.74) is 4.85. The van der Waals surface area contributed by atoms with Crippen LogP contribution in [0.15, 0.2) is 12.1 Å². The Morgan fingerprint density at radius 3 is 2.45 bits per heavy atom. The number of nitrogens with zero attached hydrogens (tertiary/aromatic N) is 1. The zero-order chi connectivity index (χ0) is 13.9. The van der Waals surface area contributed by atoms with E-state index in [1.54, 1.807) is 0 Å². The SMILES string of the molecule is CCCCOC(=O)c1cc2c3c(c1)CCCN3CCC2. The van der Waals surface area contributed by atoms with Crippen molar-refractivity contribution in [2.24, 2.45) is 0 Å². The summed E-state index contributed by atoms with van der Waals surface area (Å²) in [6.45, 7) is 4.97. The molecule has 0 amide bonds. The molecule has 1 aromatic carbocycles. The smallest absolute Gasteiger partial charge is 0.338 e. The first-order chi connectivity index (χ1) is 9.79. The van der Waals surface area contributed by atoms with E-state index in [-0.39, 0.29) is 5.97 Å². The fraction of sp³-hybridized carbons (Fsp3) is 0.588. The van der Waals surface area contributed by atoms with Gasteiger partial charge in [0.2, 0.25) is 0 Å². The molecule has 0 atom stereocenters. The van der Waals surface area contributed by atoms with E-state index < -0.39 is 0 Å². The predicted octanol–water partition coefficient (Wildman–Crippen LogP) is 3.34. The van der Waals surface area contributed by atoms with E-state index in [4.69, 9.17) is 4.74 Å². The Bertz CT molecular complexity index is 479. The summed E-state index contributed by atoms with van der Waals surface area (Å²) >= 11 is 0. The van der Waals surface area contributed by atoms with E-state index in [1.165, 1.54) is 42.7 Å². The summed E-state index contributed by atoms with van der Waals surface area (Å²) in [6, 6.07) is 4.12. The van der Waals surface area contributed by atoms with E-state index in [0.29, 0.717) is 6.61 Å². The minimum Gasteiger partial charge on any atom is -0.462 e. The van der Waals surface area contributed by atoms with Gasteiger partial charge in [0.05, 0.1) is 12.2 Å². The summed E-state index contributed by atoms with van der Waals surface area (Å²) in [6.07, 6.45) is 6.57. The first kappa shape index (κ1) is 13.5. The van der Waals surface area contributed by atoms with Gasteiger partial charge in [-0.3, -0.25) is 0 Å². The zero-order valence-corrected chi connectivity index (χ0v) is 12.3. The van der Waals surface area contributed by atoms with Crippen molar-refractivity contribution in [1.82, 2.24) is 0 Å². The number of hydrogen-bond acceptors (Lipinski definition) is 3. The normalized spacial score (nSPS) is 16.8. The van der Waals surface area contributed by atoms with Crippen molar-refractivity contribution < 1.29 is 9.53 Å². The average molecular weight is 273 g/mol.